The van der Waals surface area contributed by atoms with Crippen LogP contribution in [-0.2, 0) is 15.0 Å². The zero-order valence-electron chi connectivity index (χ0n) is 16.1. The van der Waals surface area contributed by atoms with Crippen LogP contribution in [0.2, 0.25) is 0 Å². The summed E-state index contributed by atoms with van der Waals surface area (Å²) in [5, 5.41) is 0. The zero-order chi connectivity index (χ0) is 18.6. The molecule has 2 fully saturated rings. The summed E-state index contributed by atoms with van der Waals surface area (Å²) in [6, 6.07) is -0.0109. The molecule has 0 radical (unpaired) electrons. The molecular formula is C17H34N4O3S. The van der Waals surface area contributed by atoms with Crippen LogP contribution in [-0.4, -0.2) is 92.1 Å². The molecule has 0 aromatic rings. The smallest absolute Gasteiger partial charge is 0.281 e. The molecule has 8 heteroatoms. The van der Waals surface area contributed by atoms with Crippen molar-refractivity contribution in [2.75, 3.05) is 53.4 Å². The van der Waals surface area contributed by atoms with Gasteiger partial charge < -0.3 is 9.80 Å². The molecule has 25 heavy (non-hydrogen) atoms. The summed E-state index contributed by atoms with van der Waals surface area (Å²) in [6.45, 7) is 8.79. The molecule has 2 aliphatic heterocycles. The summed E-state index contributed by atoms with van der Waals surface area (Å²) in [4.78, 5) is 17.1. The number of nitrogens with zero attached hydrogens (tertiary/aromatic N) is 4. The third-order valence-electron chi connectivity index (χ3n) is 5.20. The third kappa shape index (κ3) is 5.15. The Morgan fingerprint density at radius 3 is 2.36 bits per heavy atom. The van der Waals surface area contributed by atoms with E-state index in [1.165, 1.54) is 21.5 Å². The minimum atomic E-state index is -3.40. The summed E-state index contributed by atoms with van der Waals surface area (Å²) in [5.74, 6) is 0.0711. The SMILES string of the molecule is CC(C)C(=O)N(CCCN1CCCC1)C1CCN(S(=O)(=O)N(C)C)C1. The van der Waals surface area contributed by atoms with Crippen LogP contribution in [0.5, 0.6) is 0 Å². The summed E-state index contributed by atoms with van der Waals surface area (Å²) < 4.78 is 27.4. The number of hydrogen-bond acceptors (Lipinski definition) is 4. The molecule has 0 aromatic carbocycles. The van der Waals surface area contributed by atoms with E-state index in [4.69, 9.17) is 0 Å². The molecule has 0 N–H and O–H groups in total. The van der Waals surface area contributed by atoms with Gasteiger partial charge in [-0.1, -0.05) is 13.8 Å². The minimum Gasteiger partial charge on any atom is -0.338 e. The number of amides is 1. The van der Waals surface area contributed by atoms with Crippen LogP contribution in [0.1, 0.15) is 39.5 Å². The summed E-state index contributed by atoms with van der Waals surface area (Å²) >= 11 is 0. The van der Waals surface area contributed by atoms with Crippen molar-refractivity contribution in [3.63, 3.8) is 0 Å². The Bertz CT molecular complexity index is 544. The monoisotopic (exact) mass is 374 g/mol. The van der Waals surface area contributed by atoms with Crippen molar-refractivity contribution >= 4 is 16.1 Å². The highest BCUT2D eigenvalue weighted by atomic mass is 32.2. The van der Waals surface area contributed by atoms with Crippen molar-refractivity contribution in [2.24, 2.45) is 5.92 Å². The van der Waals surface area contributed by atoms with Gasteiger partial charge in [0.05, 0.1) is 0 Å². The van der Waals surface area contributed by atoms with Gasteiger partial charge in [-0.3, -0.25) is 4.79 Å². The highest BCUT2D eigenvalue weighted by Crippen LogP contribution is 2.22. The van der Waals surface area contributed by atoms with Crippen LogP contribution in [0.15, 0.2) is 0 Å². The quantitative estimate of drug-likeness (QED) is 0.631. The first-order chi connectivity index (χ1) is 11.7. The lowest BCUT2D eigenvalue weighted by atomic mass is 10.1. The van der Waals surface area contributed by atoms with Crippen molar-refractivity contribution in [1.82, 2.24) is 18.4 Å². The van der Waals surface area contributed by atoms with E-state index >= 15 is 0 Å². The summed E-state index contributed by atoms with van der Waals surface area (Å²) in [6.07, 6.45) is 4.22. The number of carbonyl (C=O) groups is 1. The zero-order valence-corrected chi connectivity index (χ0v) is 17.0. The lowest BCUT2D eigenvalue weighted by molar-refractivity contribution is -0.136. The second-order valence-corrected chi connectivity index (χ2v) is 9.82. The average molecular weight is 375 g/mol. The van der Waals surface area contributed by atoms with E-state index in [9.17, 15) is 13.2 Å². The fourth-order valence-corrected chi connectivity index (χ4v) is 4.84. The van der Waals surface area contributed by atoms with E-state index in [0.717, 1.165) is 32.5 Å². The fourth-order valence-electron chi connectivity index (χ4n) is 3.68. The maximum absolute atomic E-state index is 12.7. The van der Waals surface area contributed by atoms with E-state index in [-0.39, 0.29) is 17.9 Å². The lowest BCUT2D eigenvalue weighted by Crippen LogP contribution is -2.46. The molecule has 0 spiro atoms. The highest BCUT2D eigenvalue weighted by Gasteiger charge is 2.37. The van der Waals surface area contributed by atoms with Gasteiger partial charge in [-0.25, -0.2) is 0 Å². The van der Waals surface area contributed by atoms with Crippen LogP contribution in [0.25, 0.3) is 0 Å². The van der Waals surface area contributed by atoms with E-state index < -0.39 is 10.2 Å². The van der Waals surface area contributed by atoms with Crippen molar-refractivity contribution < 1.29 is 13.2 Å². The van der Waals surface area contributed by atoms with Crippen molar-refractivity contribution in [3.8, 4) is 0 Å². The molecule has 7 nitrogen and oxygen atoms in total. The van der Waals surface area contributed by atoms with Gasteiger partial charge >= 0.3 is 0 Å². The normalized spacial score (nSPS) is 23.0. The van der Waals surface area contributed by atoms with Gasteiger partial charge in [-0.2, -0.15) is 17.0 Å². The Hall–Kier alpha value is -0.700. The molecule has 0 aliphatic carbocycles. The molecule has 0 aromatic heterocycles. The van der Waals surface area contributed by atoms with E-state index in [2.05, 4.69) is 4.90 Å². The molecule has 1 unspecified atom stereocenters. The van der Waals surface area contributed by atoms with E-state index in [1.807, 2.05) is 18.7 Å². The molecule has 2 rings (SSSR count). The third-order valence-corrected chi connectivity index (χ3v) is 7.11. The lowest BCUT2D eigenvalue weighted by Gasteiger charge is -2.31. The molecule has 146 valence electrons. The van der Waals surface area contributed by atoms with Gasteiger partial charge in [0, 0.05) is 45.7 Å². The number of rotatable bonds is 8. The first-order valence-electron chi connectivity index (χ1n) is 9.44. The maximum atomic E-state index is 12.7. The largest absolute Gasteiger partial charge is 0.338 e. The topological polar surface area (TPSA) is 64.2 Å². The molecule has 0 saturated carbocycles. The van der Waals surface area contributed by atoms with Gasteiger partial charge in [0.2, 0.25) is 5.91 Å². The number of carbonyl (C=O) groups excluding carboxylic acids is 1. The van der Waals surface area contributed by atoms with Crippen molar-refractivity contribution in [1.29, 1.82) is 0 Å². The van der Waals surface area contributed by atoms with Crippen molar-refractivity contribution in [2.45, 2.75) is 45.6 Å². The van der Waals surface area contributed by atoms with Crippen LogP contribution in [0.3, 0.4) is 0 Å². The molecule has 1 atom stereocenters. The predicted molar refractivity (Wildman–Crippen MR) is 99.4 cm³/mol. The van der Waals surface area contributed by atoms with Crippen LogP contribution < -0.4 is 0 Å². The standard InChI is InChI=1S/C17H34N4O3S/c1-15(2)17(22)21(12-7-11-19-9-5-6-10-19)16-8-13-20(14-16)25(23,24)18(3)4/h15-16H,5-14H2,1-4H3. The summed E-state index contributed by atoms with van der Waals surface area (Å²) in [7, 11) is -0.299. The maximum Gasteiger partial charge on any atom is 0.281 e. The second kappa shape index (κ2) is 8.79. The molecular weight excluding hydrogens is 340 g/mol. The Morgan fingerprint density at radius 1 is 1.16 bits per heavy atom. The molecule has 2 heterocycles. The van der Waals surface area contributed by atoms with Gasteiger partial charge in [0.25, 0.3) is 10.2 Å². The van der Waals surface area contributed by atoms with Crippen LogP contribution in [0.4, 0.5) is 0 Å². The first kappa shape index (κ1) is 20.6. The second-order valence-electron chi connectivity index (χ2n) is 7.68. The van der Waals surface area contributed by atoms with Crippen LogP contribution in [0, 0.1) is 5.92 Å². The van der Waals surface area contributed by atoms with Gasteiger partial charge in [0.1, 0.15) is 0 Å². The minimum absolute atomic E-state index is 0.0109. The molecule has 2 saturated heterocycles. The van der Waals surface area contributed by atoms with Gasteiger partial charge in [-0.05, 0) is 45.3 Å². The molecule has 2 aliphatic rings. The van der Waals surface area contributed by atoms with E-state index in [0.29, 0.717) is 19.6 Å². The Morgan fingerprint density at radius 2 is 1.80 bits per heavy atom. The average Bonchev–Trinajstić information content (AvgIpc) is 3.22. The predicted octanol–water partition coefficient (Wildman–Crippen LogP) is 0.838. The number of hydrogen-bond donors (Lipinski definition) is 0. The highest BCUT2D eigenvalue weighted by molar-refractivity contribution is 7.86. The molecule has 0 bridgehead atoms. The van der Waals surface area contributed by atoms with E-state index in [1.54, 1.807) is 14.1 Å². The van der Waals surface area contributed by atoms with Crippen molar-refractivity contribution in [3.05, 3.63) is 0 Å². The van der Waals surface area contributed by atoms with Gasteiger partial charge in [0.15, 0.2) is 0 Å². The Kier molecular flexibility index (Phi) is 7.25. The molecule has 1 amide bonds. The first-order valence-corrected chi connectivity index (χ1v) is 10.8. The van der Waals surface area contributed by atoms with Crippen LogP contribution >= 0.6 is 0 Å². The number of likely N-dealkylation sites (tertiary alicyclic amines) is 1. The Balaban J connectivity index is 1.97. The summed E-state index contributed by atoms with van der Waals surface area (Å²) in [5.41, 5.74) is 0. The fraction of sp³-hybridized carbons (Fsp3) is 0.941. The Labute approximate surface area is 153 Å². The van der Waals surface area contributed by atoms with Gasteiger partial charge in [-0.15, -0.1) is 0 Å².